The fourth-order valence-corrected chi connectivity index (χ4v) is 2.41. The summed E-state index contributed by atoms with van der Waals surface area (Å²) in [6, 6.07) is 2.92. The smallest absolute Gasteiger partial charge is 0.292 e. The molecular weight excluding hydrogens is 246 g/mol. The van der Waals surface area contributed by atoms with E-state index in [0.29, 0.717) is 5.69 Å². The van der Waals surface area contributed by atoms with Gasteiger partial charge in [-0.05, 0) is 18.9 Å². The van der Waals surface area contributed by atoms with E-state index in [2.05, 4.69) is 10.3 Å². The molecule has 2 rings (SSSR count). The van der Waals surface area contributed by atoms with Crippen molar-refractivity contribution in [2.45, 2.75) is 38.6 Å². The molecule has 0 saturated heterocycles. The van der Waals surface area contributed by atoms with Gasteiger partial charge in [0.2, 0.25) is 5.91 Å². The van der Waals surface area contributed by atoms with Crippen molar-refractivity contribution in [3.8, 4) is 0 Å². The van der Waals surface area contributed by atoms with Crippen molar-refractivity contribution in [3.05, 3.63) is 34.1 Å². The molecule has 6 heteroatoms. The highest BCUT2D eigenvalue weighted by atomic mass is 16.6. The lowest BCUT2D eigenvalue weighted by Gasteiger charge is -2.20. The summed E-state index contributed by atoms with van der Waals surface area (Å²) < 4.78 is 0. The predicted octanol–water partition coefficient (Wildman–Crippen LogP) is 2.19. The van der Waals surface area contributed by atoms with Crippen LogP contribution in [0, 0.1) is 16.0 Å². The van der Waals surface area contributed by atoms with Crippen molar-refractivity contribution in [2.24, 2.45) is 5.92 Å². The van der Waals surface area contributed by atoms with Crippen molar-refractivity contribution < 1.29 is 9.72 Å². The van der Waals surface area contributed by atoms with Crippen LogP contribution in [0.1, 0.15) is 37.8 Å². The lowest BCUT2D eigenvalue weighted by atomic mass is 9.89. The van der Waals surface area contributed by atoms with Gasteiger partial charge in [-0.15, -0.1) is 0 Å². The first-order valence-electron chi connectivity index (χ1n) is 6.54. The Hall–Kier alpha value is -1.98. The van der Waals surface area contributed by atoms with Crippen LogP contribution in [-0.4, -0.2) is 15.8 Å². The third-order valence-corrected chi connectivity index (χ3v) is 3.47. The topological polar surface area (TPSA) is 85.1 Å². The maximum atomic E-state index is 11.9. The number of nitro groups is 1. The van der Waals surface area contributed by atoms with Gasteiger partial charge in [0.05, 0.1) is 11.5 Å². The van der Waals surface area contributed by atoms with Gasteiger partial charge in [-0.25, -0.2) is 0 Å². The van der Waals surface area contributed by atoms with E-state index in [1.165, 1.54) is 24.8 Å². The van der Waals surface area contributed by atoms with Crippen LogP contribution < -0.4 is 5.32 Å². The van der Waals surface area contributed by atoms with Gasteiger partial charge in [0, 0.05) is 18.2 Å². The van der Waals surface area contributed by atoms with E-state index in [0.717, 1.165) is 25.7 Å². The summed E-state index contributed by atoms with van der Waals surface area (Å²) >= 11 is 0. The second-order valence-corrected chi connectivity index (χ2v) is 4.78. The fraction of sp³-hybridized carbons (Fsp3) is 0.538. The summed E-state index contributed by atoms with van der Waals surface area (Å²) in [5, 5.41) is 13.6. The van der Waals surface area contributed by atoms with Crippen LogP contribution in [0.25, 0.3) is 0 Å². The molecule has 1 amide bonds. The Morgan fingerprint density at radius 2 is 2.16 bits per heavy atom. The molecule has 102 valence electrons. The molecule has 0 bridgehead atoms. The fourth-order valence-electron chi connectivity index (χ4n) is 2.41. The molecule has 1 N–H and O–H groups in total. The van der Waals surface area contributed by atoms with E-state index in [4.69, 9.17) is 0 Å². The van der Waals surface area contributed by atoms with Crippen molar-refractivity contribution in [2.75, 3.05) is 0 Å². The number of hydrogen-bond donors (Lipinski definition) is 1. The van der Waals surface area contributed by atoms with Gasteiger partial charge in [-0.2, -0.15) is 0 Å². The third kappa shape index (κ3) is 3.49. The highest BCUT2D eigenvalue weighted by Crippen LogP contribution is 2.24. The standard InChI is InChI=1S/C13H17N3O3/c17-13(10-5-2-1-3-6-10)15-9-11-12(16(18)19)7-4-8-14-11/h4,7-8,10H,1-3,5-6,9H2,(H,15,17). The molecule has 0 atom stereocenters. The Bertz CT molecular complexity index is 470. The van der Waals surface area contributed by atoms with Gasteiger partial charge in [-0.1, -0.05) is 19.3 Å². The zero-order chi connectivity index (χ0) is 13.7. The maximum absolute atomic E-state index is 11.9. The first-order chi connectivity index (χ1) is 9.18. The number of amides is 1. The van der Waals surface area contributed by atoms with Crippen LogP contribution in [0.4, 0.5) is 5.69 Å². The molecule has 1 fully saturated rings. The molecule has 6 nitrogen and oxygen atoms in total. The summed E-state index contributed by atoms with van der Waals surface area (Å²) in [7, 11) is 0. The molecule has 0 spiro atoms. The molecule has 19 heavy (non-hydrogen) atoms. The molecular formula is C13H17N3O3. The van der Waals surface area contributed by atoms with Gasteiger partial charge in [0.25, 0.3) is 5.69 Å². The molecule has 1 aromatic heterocycles. The van der Waals surface area contributed by atoms with Gasteiger partial charge in [0.1, 0.15) is 5.69 Å². The first-order valence-corrected chi connectivity index (χ1v) is 6.54. The van der Waals surface area contributed by atoms with E-state index >= 15 is 0 Å². The minimum atomic E-state index is -0.477. The molecule has 0 radical (unpaired) electrons. The van der Waals surface area contributed by atoms with Gasteiger partial charge in [0.15, 0.2) is 0 Å². The molecule has 1 aliphatic carbocycles. The molecule has 1 heterocycles. The van der Waals surface area contributed by atoms with Crippen LogP contribution in [0.3, 0.4) is 0 Å². The van der Waals surface area contributed by atoms with Crippen LogP contribution in [0.5, 0.6) is 0 Å². The third-order valence-electron chi connectivity index (χ3n) is 3.47. The van der Waals surface area contributed by atoms with Crippen LogP contribution in [-0.2, 0) is 11.3 Å². The maximum Gasteiger partial charge on any atom is 0.292 e. The molecule has 1 saturated carbocycles. The summed E-state index contributed by atoms with van der Waals surface area (Å²) in [6.07, 6.45) is 6.68. The molecule has 1 aromatic rings. The summed E-state index contributed by atoms with van der Waals surface area (Å²) in [4.78, 5) is 26.2. The minimum absolute atomic E-state index is 0.0142. The van der Waals surface area contributed by atoms with Crippen LogP contribution in [0.2, 0.25) is 0 Å². The van der Waals surface area contributed by atoms with E-state index in [9.17, 15) is 14.9 Å². The monoisotopic (exact) mass is 263 g/mol. The number of aromatic nitrogens is 1. The SMILES string of the molecule is O=C(NCc1ncccc1[N+](=O)[O-])C1CCCCC1. The van der Waals surface area contributed by atoms with Crippen molar-refractivity contribution in [1.29, 1.82) is 0 Å². The lowest BCUT2D eigenvalue weighted by molar-refractivity contribution is -0.386. The Kier molecular flexibility index (Phi) is 4.43. The van der Waals surface area contributed by atoms with Crippen molar-refractivity contribution in [1.82, 2.24) is 10.3 Å². The Balaban J connectivity index is 1.94. The molecule has 0 aliphatic heterocycles. The van der Waals surface area contributed by atoms with Gasteiger partial charge in [-0.3, -0.25) is 19.9 Å². The number of rotatable bonds is 4. The zero-order valence-corrected chi connectivity index (χ0v) is 10.7. The average molecular weight is 263 g/mol. The summed E-state index contributed by atoms with van der Waals surface area (Å²) in [5.74, 6) is 0.0381. The Morgan fingerprint density at radius 1 is 1.42 bits per heavy atom. The number of hydrogen-bond acceptors (Lipinski definition) is 4. The molecule has 1 aliphatic rings. The summed E-state index contributed by atoms with van der Waals surface area (Å²) in [6.45, 7) is 0.118. The lowest BCUT2D eigenvalue weighted by Crippen LogP contribution is -2.31. The predicted molar refractivity (Wildman–Crippen MR) is 69.3 cm³/mol. The molecule has 0 unspecified atom stereocenters. The van der Waals surface area contributed by atoms with Crippen LogP contribution in [0.15, 0.2) is 18.3 Å². The number of pyridine rings is 1. The van der Waals surface area contributed by atoms with Crippen molar-refractivity contribution in [3.63, 3.8) is 0 Å². The van der Waals surface area contributed by atoms with E-state index in [1.807, 2.05) is 0 Å². The van der Waals surface area contributed by atoms with Gasteiger partial charge >= 0.3 is 0 Å². The van der Waals surface area contributed by atoms with E-state index in [-0.39, 0.29) is 24.1 Å². The second-order valence-electron chi connectivity index (χ2n) is 4.78. The number of carbonyl (C=O) groups excluding carboxylic acids is 1. The number of carbonyl (C=O) groups is 1. The molecule has 0 aromatic carbocycles. The minimum Gasteiger partial charge on any atom is -0.350 e. The number of nitrogens with zero attached hydrogens (tertiary/aromatic N) is 2. The van der Waals surface area contributed by atoms with Crippen LogP contribution >= 0.6 is 0 Å². The van der Waals surface area contributed by atoms with Crippen molar-refractivity contribution >= 4 is 11.6 Å². The highest BCUT2D eigenvalue weighted by molar-refractivity contribution is 5.78. The van der Waals surface area contributed by atoms with E-state index in [1.54, 1.807) is 0 Å². The van der Waals surface area contributed by atoms with E-state index < -0.39 is 4.92 Å². The largest absolute Gasteiger partial charge is 0.350 e. The quantitative estimate of drug-likeness (QED) is 0.666. The van der Waals surface area contributed by atoms with Gasteiger partial charge < -0.3 is 5.32 Å². The average Bonchev–Trinajstić information content (AvgIpc) is 2.46. The normalized spacial score (nSPS) is 16.0. The summed E-state index contributed by atoms with van der Waals surface area (Å²) in [5.41, 5.74) is 0.253. The highest BCUT2D eigenvalue weighted by Gasteiger charge is 2.22. The second kappa shape index (κ2) is 6.26. The Morgan fingerprint density at radius 3 is 2.84 bits per heavy atom. The number of nitrogens with one attached hydrogen (secondary N) is 1. The zero-order valence-electron chi connectivity index (χ0n) is 10.7. The Labute approximate surface area is 111 Å². The first kappa shape index (κ1) is 13.5.